The van der Waals surface area contributed by atoms with Gasteiger partial charge in [0.05, 0.1) is 11.4 Å². The number of nitrogens with zero attached hydrogens (tertiary/aromatic N) is 4. The quantitative estimate of drug-likeness (QED) is 0.107. The van der Waals surface area contributed by atoms with Gasteiger partial charge in [-0.25, -0.2) is 35.1 Å². The van der Waals surface area contributed by atoms with Crippen LogP contribution in [0.15, 0.2) is 291 Å². The molecule has 0 amide bonds. The minimum atomic E-state index is -1.38. The summed E-state index contributed by atoms with van der Waals surface area (Å²) >= 11 is 0. The molecule has 0 radical (unpaired) electrons. The standard InChI is InChI=1S/C90H66F8N4/c1-87(2,3)89(79-51-71(99(63-31-15-55(91)16-32-63)64-33-17-56(92)18-34-64)47-49-77(79)85-75-13-9-7-11-73(75)83(53-81(85)89)101(67-39-23-59(95)24-40-67)68-41-25-60(96)26-42-68)90(88(4,5)6)80-52-72(100(65-35-19-57(93)20-36-65)66-37-21-58(94)22-38-66)48-50-78(80)86-76-14-10-8-12-74(76)84(54-82(86)90)102(69-43-27-61(97)28-44-69)70-45-29-62(98)30-46-70/h7-54H,1-6H3. The third kappa shape index (κ3) is 10.3. The van der Waals surface area contributed by atoms with Gasteiger partial charge in [-0.3, -0.25) is 0 Å². The summed E-state index contributed by atoms with van der Waals surface area (Å²) in [6, 6.07) is 83.7. The summed E-state index contributed by atoms with van der Waals surface area (Å²) < 4.78 is 123. The van der Waals surface area contributed by atoms with Gasteiger partial charge < -0.3 is 19.6 Å². The molecule has 2 atom stereocenters. The van der Waals surface area contributed by atoms with Gasteiger partial charge in [0.15, 0.2) is 0 Å². The Morgan fingerprint density at radius 3 is 0.647 bits per heavy atom. The highest BCUT2D eigenvalue weighted by Crippen LogP contribution is 2.77. The first-order valence-corrected chi connectivity index (χ1v) is 33.8. The molecule has 0 N–H and O–H groups in total. The van der Waals surface area contributed by atoms with Crippen molar-refractivity contribution in [2.75, 3.05) is 19.6 Å². The first-order valence-electron chi connectivity index (χ1n) is 33.8. The van der Waals surface area contributed by atoms with Crippen LogP contribution in [-0.2, 0) is 10.8 Å². The Bertz CT molecular complexity index is 5030. The van der Waals surface area contributed by atoms with E-state index < -0.39 is 68.2 Å². The van der Waals surface area contributed by atoms with Crippen molar-refractivity contribution < 1.29 is 35.1 Å². The van der Waals surface area contributed by atoms with Crippen molar-refractivity contribution in [2.45, 2.75) is 52.4 Å². The minimum absolute atomic E-state index is 0.446. The van der Waals surface area contributed by atoms with E-state index in [2.05, 4.69) is 114 Å². The van der Waals surface area contributed by atoms with Gasteiger partial charge >= 0.3 is 0 Å². The van der Waals surface area contributed by atoms with E-state index in [0.717, 1.165) is 66.1 Å². The van der Waals surface area contributed by atoms with Gasteiger partial charge in [-0.2, -0.15) is 0 Å². The Kier molecular flexibility index (Phi) is 15.6. The number of benzene rings is 14. The Labute approximate surface area is 586 Å². The van der Waals surface area contributed by atoms with Crippen molar-refractivity contribution in [3.05, 3.63) is 360 Å². The monoisotopic (exact) mass is 1350 g/mol. The van der Waals surface area contributed by atoms with Crippen LogP contribution < -0.4 is 19.6 Å². The average Bonchev–Trinajstić information content (AvgIpc) is 1.45. The molecule has 14 aromatic rings. The lowest BCUT2D eigenvalue weighted by molar-refractivity contribution is 0.0595. The summed E-state index contributed by atoms with van der Waals surface area (Å²) in [5.41, 5.74) is 9.86. The molecule has 2 aliphatic carbocycles. The maximum absolute atomic E-state index is 15.5. The molecule has 0 spiro atoms. The van der Waals surface area contributed by atoms with Crippen LogP contribution in [0.2, 0.25) is 0 Å². The van der Waals surface area contributed by atoms with Gasteiger partial charge in [-0.05, 0) is 297 Å². The van der Waals surface area contributed by atoms with Crippen LogP contribution in [-0.4, -0.2) is 0 Å². The van der Waals surface area contributed by atoms with Crippen molar-refractivity contribution in [3.63, 3.8) is 0 Å². The first kappa shape index (κ1) is 64.9. The fourth-order valence-corrected chi connectivity index (χ4v) is 17.0. The lowest BCUT2D eigenvalue weighted by Gasteiger charge is -2.62. The van der Waals surface area contributed by atoms with Crippen molar-refractivity contribution in [1.82, 2.24) is 0 Å². The highest BCUT2D eigenvalue weighted by atomic mass is 19.2. The number of hydrogen-bond acceptors (Lipinski definition) is 4. The highest BCUT2D eigenvalue weighted by molar-refractivity contribution is 6.14. The fraction of sp³-hybridized carbons (Fsp3) is 0.111. The lowest BCUT2D eigenvalue weighted by atomic mass is 9.39. The van der Waals surface area contributed by atoms with Gasteiger partial charge in [-0.15, -0.1) is 0 Å². The molecule has 0 aromatic heterocycles. The Hall–Kier alpha value is -11.8. The molecule has 502 valence electrons. The third-order valence-electron chi connectivity index (χ3n) is 20.7. The van der Waals surface area contributed by atoms with Crippen LogP contribution in [0.5, 0.6) is 0 Å². The molecule has 0 heterocycles. The zero-order valence-electron chi connectivity index (χ0n) is 56.5. The van der Waals surface area contributed by atoms with E-state index in [4.69, 9.17) is 0 Å². The smallest absolute Gasteiger partial charge is 0.123 e. The number of halogens is 8. The second kappa shape index (κ2) is 24.5. The molecule has 0 aliphatic heterocycles. The van der Waals surface area contributed by atoms with Crippen LogP contribution in [0.3, 0.4) is 0 Å². The third-order valence-corrected chi connectivity index (χ3v) is 20.7. The number of anilines is 12. The van der Waals surface area contributed by atoms with Gasteiger partial charge in [0.1, 0.15) is 46.5 Å². The largest absolute Gasteiger partial charge is 0.310 e. The van der Waals surface area contributed by atoms with Gasteiger partial charge in [0.2, 0.25) is 0 Å². The SMILES string of the molecule is CC(C)(C)C1(C2(C(C)(C)C)c3cc(N(c4ccc(F)cc4)c4ccc(F)cc4)ccc3-c3c2cc(N(c2ccc(F)cc2)c2ccc(F)cc2)c2ccccc32)c2cc(N(c3ccc(F)cc3)c3ccc(F)cc3)ccc2-c2c1cc(N(c1ccc(F)cc1)c1ccc(F)cc1)c1ccccc21. The molecule has 0 saturated heterocycles. The van der Waals surface area contributed by atoms with Crippen molar-refractivity contribution in [3.8, 4) is 22.3 Å². The summed E-state index contributed by atoms with van der Waals surface area (Å²) in [6.45, 7) is 13.6. The maximum atomic E-state index is 15.5. The zero-order chi connectivity index (χ0) is 70.7. The summed E-state index contributed by atoms with van der Waals surface area (Å²) in [5, 5.41) is 3.36. The highest BCUT2D eigenvalue weighted by Gasteiger charge is 2.71. The van der Waals surface area contributed by atoms with Crippen molar-refractivity contribution in [1.29, 1.82) is 0 Å². The Morgan fingerprint density at radius 1 is 0.216 bits per heavy atom. The second-order valence-electron chi connectivity index (χ2n) is 28.3. The van der Waals surface area contributed by atoms with E-state index in [0.29, 0.717) is 68.2 Å². The topological polar surface area (TPSA) is 13.0 Å². The maximum Gasteiger partial charge on any atom is 0.123 e. The molecular weight excluding hydrogens is 1290 g/mol. The predicted molar refractivity (Wildman–Crippen MR) is 398 cm³/mol. The molecule has 14 aromatic carbocycles. The molecule has 4 nitrogen and oxygen atoms in total. The van der Waals surface area contributed by atoms with Crippen LogP contribution in [0.1, 0.15) is 63.8 Å². The zero-order valence-corrected chi connectivity index (χ0v) is 56.5. The van der Waals surface area contributed by atoms with E-state index in [1.807, 2.05) is 43.9 Å². The molecule has 102 heavy (non-hydrogen) atoms. The number of hydrogen-bond donors (Lipinski definition) is 0. The molecular formula is C90H66F8N4. The van der Waals surface area contributed by atoms with Gasteiger partial charge in [-0.1, -0.05) is 102 Å². The van der Waals surface area contributed by atoms with Gasteiger partial charge in [0.25, 0.3) is 0 Å². The van der Waals surface area contributed by atoms with Crippen LogP contribution in [0.4, 0.5) is 103 Å². The molecule has 0 bridgehead atoms. The molecule has 2 unspecified atom stereocenters. The summed E-state index contributed by atoms with van der Waals surface area (Å²) in [6.07, 6.45) is 0. The van der Waals surface area contributed by atoms with Crippen molar-refractivity contribution >= 4 is 89.8 Å². The first-order chi connectivity index (χ1) is 49.1. The lowest BCUT2D eigenvalue weighted by Crippen LogP contribution is -2.62. The fourth-order valence-electron chi connectivity index (χ4n) is 17.0. The van der Waals surface area contributed by atoms with E-state index in [1.54, 1.807) is 97.1 Å². The molecule has 0 fully saturated rings. The molecule has 16 rings (SSSR count). The van der Waals surface area contributed by atoms with E-state index >= 15 is 35.1 Å². The average molecular weight is 1360 g/mol. The van der Waals surface area contributed by atoms with Gasteiger partial charge in [0, 0.05) is 78.5 Å². The van der Waals surface area contributed by atoms with Crippen LogP contribution in [0, 0.1) is 57.4 Å². The normalized spacial score (nSPS) is 15.2. The Morgan fingerprint density at radius 2 is 0.422 bits per heavy atom. The minimum Gasteiger partial charge on any atom is -0.310 e. The van der Waals surface area contributed by atoms with E-state index in [1.165, 1.54) is 97.1 Å². The summed E-state index contributed by atoms with van der Waals surface area (Å²) in [7, 11) is 0. The molecule has 12 heteroatoms. The van der Waals surface area contributed by atoms with Crippen molar-refractivity contribution in [2.24, 2.45) is 10.8 Å². The number of rotatable bonds is 13. The molecule has 2 aliphatic rings. The van der Waals surface area contributed by atoms with E-state index in [-0.39, 0.29) is 0 Å². The summed E-state index contributed by atoms with van der Waals surface area (Å²) in [5.74, 6) is -3.57. The Balaban J connectivity index is 1.13. The number of fused-ring (bicyclic) bond motifs is 10. The van der Waals surface area contributed by atoms with Crippen LogP contribution in [0.25, 0.3) is 43.8 Å². The van der Waals surface area contributed by atoms with Crippen LogP contribution >= 0.6 is 0 Å². The summed E-state index contributed by atoms with van der Waals surface area (Å²) in [4.78, 5) is 8.09. The van der Waals surface area contributed by atoms with E-state index in [9.17, 15) is 0 Å². The predicted octanol–water partition coefficient (Wildman–Crippen LogP) is 26.3. The second-order valence-corrected chi connectivity index (χ2v) is 28.3. The molecule has 0 saturated carbocycles.